The molecule has 4 heteroatoms. The highest BCUT2D eigenvalue weighted by atomic mass is 15.4. The minimum Gasteiger partial charge on any atom is -0.350 e. The van der Waals surface area contributed by atoms with Crippen molar-refractivity contribution in [3.8, 4) is 0 Å². The molecule has 2 atom stereocenters. The Hall–Kier alpha value is -1.03. The van der Waals surface area contributed by atoms with Crippen LogP contribution in [-0.4, -0.2) is 35.0 Å². The Labute approximate surface area is 104 Å². The summed E-state index contributed by atoms with van der Waals surface area (Å²) in [4.78, 5) is 2.43. The third-order valence-electron chi connectivity index (χ3n) is 3.68. The second-order valence-corrected chi connectivity index (χ2v) is 5.16. The van der Waals surface area contributed by atoms with Gasteiger partial charge in [0.05, 0.1) is 0 Å². The van der Waals surface area contributed by atoms with Crippen LogP contribution in [-0.2, 0) is 7.05 Å². The molecule has 0 saturated carbocycles. The standard InChI is InChI=1S/C13H24N4/c1-5-6-12-9-17(11(3)8-14-12)13-7-10(2)16(4)15-13/h7,11-12,14H,5-6,8-9H2,1-4H3. The summed E-state index contributed by atoms with van der Waals surface area (Å²) in [6.07, 6.45) is 2.48. The van der Waals surface area contributed by atoms with Crippen LogP contribution in [0.2, 0.25) is 0 Å². The van der Waals surface area contributed by atoms with Crippen LogP contribution in [0.3, 0.4) is 0 Å². The van der Waals surface area contributed by atoms with E-state index in [0.717, 1.165) is 18.9 Å². The van der Waals surface area contributed by atoms with Gasteiger partial charge >= 0.3 is 0 Å². The lowest BCUT2D eigenvalue weighted by Gasteiger charge is -2.39. The Kier molecular flexibility index (Phi) is 3.72. The zero-order chi connectivity index (χ0) is 12.4. The van der Waals surface area contributed by atoms with Crippen molar-refractivity contribution in [3.63, 3.8) is 0 Å². The van der Waals surface area contributed by atoms with Gasteiger partial charge in [-0.3, -0.25) is 4.68 Å². The third-order valence-corrected chi connectivity index (χ3v) is 3.68. The van der Waals surface area contributed by atoms with Gasteiger partial charge in [0.2, 0.25) is 0 Å². The molecule has 1 fully saturated rings. The van der Waals surface area contributed by atoms with Crippen molar-refractivity contribution in [1.82, 2.24) is 15.1 Å². The van der Waals surface area contributed by atoms with E-state index in [9.17, 15) is 0 Å². The quantitative estimate of drug-likeness (QED) is 0.867. The van der Waals surface area contributed by atoms with E-state index < -0.39 is 0 Å². The van der Waals surface area contributed by atoms with Crippen LogP contribution in [0.15, 0.2) is 6.07 Å². The molecule has 17 heavy (non-hydrogen) atoms. The maximum absolute atomic E-state index is 4.59. The number of piperazine rings is 1. The maximum Gasteiger partial charge on any atom is 0.151 e. The SMILES string of the molecule is CCCC1CN(c2cc(C)n(C)n2)C(C)CN1. The Bertz CT molecular complexity index is 352. The highest BCUT2D eigenvalue weighted by Gasteiger charge is 2.26. The minimum absolute atomic E-state index is 0.525. The molecule has 2 heterocycles. The maximum atomic E-state index is 4.59. The molecule has 1 aromatic heterocycles. The van der Waals surface area contributed by atoms with Crippen LogP contribution in [0.1, 0.15) is 32.4 Å². The molecule has 2 unspecified atom stereocenters. The van der Waals surface area contributed by atoms with Gasteiger partial charge in [-0.05, 0) is 20.3 Å². The van der Waals surface area contributed by atoms with E-state index >= 15 is 0 Å². The van der Waals surface area contributed by atoms with E-state index in [1.54, 1.807) is 0 Å². The summed E-state index contributed by atoms with van der Waals surface area (Å²) >= 11 is 0. The van der Waals surface area contributed by atoms with Crippen LogP contribution >= 0.6 is 0 Å². The van der Waals surface area contributed by atoms with Crippen LogP contribution < -0.4 is 10.2 Å². The van der Waals surface area contributed by atoms with Crippen LogP contribution in [0.25, 0.3) is 0 Å². The fraction of sp³-hybridized carbons (Fsp3) is 0.769. The zero-order valence-electron chi connectivity index (χ0n) is 11.4. The van der Waals surface area contributed by atoms with Crippen LogP contribution in [0.4, 0.5) is 5.82 Å². The molecule has 1 aromatic rings. The van der Waals surface area contributed by atoms with Gasteiger partial charge in [-0.2, -0.15) is 5.10 Å². The van der Waals surface area contributed by atoms with Gasteiger partial charge < -0.3 is 10.2 Å². The first-order valence-electron chi connectivity index (χ1n) is 6.62. The van der Waals surface area contributed by atoms with Gasteiger partial charge in [0.25, 0.3) is 0 Å². The van der Waals surface area contributed by atoms with Crippen molar-refractivity contribution in [1.29, 1.82) is 0 Å². The van der Waals surface area contributed by atoms with Crippen molar-refractivity contribution in [3.05, 3.63) is 11.8 Å². The predicted octanol–water partition coefficient (Wildman–Crippen LogP) is 1.70. The fourth-order valence-electron chi connectivity index (χ4n) is 2.47. The number of aryl methyl sites for hydroxylation is 2. The van der Waals surface area contributed by atoms with Crippen LogP contribution in [0.5, 0.6) is 0 Å². The Balaban J connectivity index is 2.12. The molecule has 0 spiro atoms. The summed E-state index contributed by atoms with van der Waals surface area (Å²) < 4.78 is 1.96. The molecule has 96 valence electrons. The normalized spacial score (nSPS) is 25.3. The topological polar surface area (TPSA) is 33.1 Å². The van der Waals surface area contributed by atoms with Gasteiger partial charge in [0.1, 0.15) is 0 Å². The summed E-state index contributed by atoms with van der Waals surface area (Å²) in [5.74, 6) is 1.13. The zero-order valence-corrected chi connectivity index (χ0v) is 11.4. The Morgan fingerprint density at radius 2 is 2.29 bits per heavy atom. The lowest BCUT2D eigenvalue weighted by molar-refractivity contribution is 0.383. The highest BCUT2D eigenvalue weighted by molar-refractivity contribution is 5.41. The molecule has 1 saturated heterocycles. The first-order valence-corrected chi connectivity index (χ1v) is 6.62. The van der Waals surface area contributed by atoms with Crippen molar-refractivity contribution in [2.45, 2.75) is 45.7 Å². The second-order valence-electron chi connectivity index (χ2n) is 5.16. The van der Waals surface area contributed by atoms with Crippen molar-refractivity contribution < 1.29 is 0 Å². The van der Waals surface area contributed by atoms with E-state index in [4.69, 9.17) is 0 Å². The molecule has 1 N–H and O–H groups in total. The number of nitrogens with zero attached hydrogens (tertiary/aromatic N) is 3. The van der Waals surface area contributed by atoms with Gasteiger partial charge in [0, 0.05) is 44.0 Å². The summed E-state index contributed by atoms with van der Waals surface area (Å²) in [7, 11) is 2.01. The van der Waals surface area contributed by atoms with E-state index in [2.05, 4.69) is 42.2 Å². The number of nitrogens with one attached hydrogen (secondary N) is 1. The van der Waals surface area contributed by atoms with Crippen molar-refractivity contribution in [2.75, 3.05) is 18.0 Å². The summed E-state index contributed by atoms with van der Waals surface area (Å²) in [5.41, 5.74) is 1.22. The first-order chi connectivity index (χ1) is 8.11. The molecule has 0 amide bonds. The van der Waals surface area contributed by atoms with Gasteiger partial charge in [-0.1, -0.05) is 13.3 Å². The molecule has 1 aliphatic rings. The summed E-state index contributed by atoms with van der Waals surface area (Å²) in [5, 5.41) is 8.21. The molecular formula is C13H24N4. The van der Waals surface area contributed by atoms with Gasteiger partial charge in [-0.25, -0.2) is 0 Å². The minimum atomic E-state index is 0.525. The molecular weight excluding hydrogens is 212 g/mol. The van der Waals surface area contributed by atoms with E-state index in [-0.39, 0.29) is 0 Å². The molecule has 0 bridgehead atoms. The average Bonchev–Trinajstić information content (AvgIpc) is 2.62. The van der Waals surface area contributed by atoms with E-state index in [1.165, 1.54) is 18.5 Å². The Morgan fingerprint density at radius 1 is 1.53 bits per heavy atom. The fourth-order valence-corrected chi connectivity index (χ4v) is 2.47. The lowest BCUT2D eigenvalue weighted by atomic mass is 10.1. The van der Waals surface area contributed by atoms with Gasteiger partial charge in [0.15, 0.2) is 5.82 Å². The monoisotopic (exact) mass is 236 g/mol. The Morgan fingerprint density at radius 3 is 2.88 bits per heavy atom. The number of hydrogen-bond donors (Lipinski definition) is 1. The van der Waals surface area contributed by atoms with Gasteiger partial charge in [-0.15, -0.1) is 0 Å². The smallest absolute Gasteiger partial charge is 0.151 e. The summed E-state index contributed by atoms with van der Waals surface area (Å²) in [6, 6.07) is 3.32. The molecule has 0 aliphatic carbocycles. The molecule has 0 aromatic carbocycles. The molecule has 1 aliphatic heterocycles. The van der Waals surface area contributed by atoms with Crippen molar-refractivity contribution in [2.24, 2.45) is 7.05 Å². The van der Waals surface area contributed by atoms with E-state index in [0.29, 0.717) is 12.1 Å². The highest BCUT2D eigenvalue weighted by Crippen LogP contribution is 2.20. The van der Waals surface area contributed by atoms with E-state index in [1.807, 2.05) is 11.7 Å². The number of aromatic nitrogens is 2. The lowest BCUT2D eigenvalue weighted by Crippen LogP contribution is -2.55. The molecule has 0 radical (unpaired) electrons. The van der Waals surface area contributed by atoms with Crippen molar-refractivity contribution >= 4 is 5.82 Å². The first kappa shape index (κ1) is 12.4. The molecule has 2 rings (SSSR count). The molecule has 4 nitrogen and oxygen atoms in total. The summed E-state index contributed by atoms with van der Waals surface area (Å²) in [6.45, 7) is 8.74. The number of anilines is 1. The second kappa shape index (κ2) is 5.08. The third kappa shape index (κ3) is 2.63. The predicted molar refractivity (Wildman–Crippen MR) is 71.5 cm³/mol. The van der Waals surface area contributed by atoms with Crippen LogP contribution in [0, 0.1) is 6.92 Å². The average molecular weight is 236 g/mol. The largest absolute Gasteiger partial charge is 0.350 e. The number of rotatable bonds is 3. The number of hydrogen-bond acceptors (Lipinski definition) is 3.